The predicted molar refractivity (Wildman–Crippen MR) is 81.8 cm³/mol. The number of benzene rings is 2. The van der Waals surface area contributed by atoms with Gasteiger partial charge < -0.3 is 11.1 Å². The van der Waals surface area contributed by atoms with Crippen LogP contribution < -0.4 is 11.1 Å². The molecule has 19 heavy (non-hydrogen) atoms. The Labute approximate surface area is 117 Å². The Morgan fingerprint density at radius 2 is 1.84 bits per heavy atom. The predicted octanol–water partition coefficient (Wildman–Crippen LogP) is 3.55. The molecule has 0 unspecified atom stereocenters. The Balaban J connectivity index is 2.18. The molecule has 0 atom stereocenters. The smallest absolute Gasteiger partial charge is 0.256 e. The van der Waals surface area contributed by atoms with Crippen LogP contribution in [0.15, 0.2) is 47.4 Å². The summed E-state index contributed by atoms with van der Waals surface area (Å²) in [5, 5.41) is 2.87. The summed E-state index contributed by atoms with van der Waals surface area (Å²) in [5.74, 6) is -0.137. The van der Waals surface area contributed by atoms with Gasteiger partial charge in [0.1, 0.15) is 0 Å². The van der Waals surface area contributed by atoms with E-state index < -0.39 is 0 Å². The fourth-order valence-electron chi connectivity index (χ4n) is 1.77. The molecule has 0 fully saturated rings. The second-order valence-electron chi connectivity index (χ2n) is 4.20. The molecule has 0 aliphatic heterocycles. The van der Waals surface area contributed by atoms with Crippen molar-refractivity contribution in [2.24, 2.45) is 0 Å². The molecule has 2 aromatic carbocycles. The molecule has 0 saturated carbocycles. The largest absolute Gasteiger partial charge is 0.398 e. The van der Waals surface area contributed by atoms with Crippen LogP contribution in [0.4, 0.5) is 11.4 Å². The Morgan fingerprint density at radius 1 is 1.16 bits per heavy atom. The van der Waals surface area contributed by atoms with Crippen molar-refractivity contribution in [2.75, 3.05) is 17.3 Å². The maximum atomic E-state index is 12.2. The van der Waals surface area contributed by atoms with Crippen LogP contribution in [0.25, 0.3) is 0 Å². The summed E-state index contributed by atoms with van der Waals surface area (Å²) in [6, 6.07) is 13.1. The number of rotatable bonds is 3. The molecular weight excluding hydrogens is 256 g/mol. The van der Waals surface area contributed by atoms with E-state index in [9.17, 15) is 4.79 Å². The standard InChI is InChI=1S/C15H16N2OS/c1-10-13(4-3-5-14(10)16)15(18)17-11-6-8-12(19-2)9-7-11/h3-9H,16H2,1-2H3,(H,17,18). The van der Waals surface area contributed by atoms with Gasteiger partial charge in [0.25, 0.3) is 5.91 Å². The van der Waals surface area contributed by atoms with Crippen molar-refractivity contribution in [3.63, 3.8) is 0 Å². The average molecular weight is 272 g/mol. The van der Waals surface area contributed by atoms with Crippen molar-refractivity contribution >= 4 is 29.0 Å². The lowest BCUT2D eigenvalue weighted by molar-refractivity contribution is 0.102. The third kappa shape index (κ3) is 3.09. The Hall–Kier alpha value is -1.94. The average Bonchev–Trinajstić information content (AvgIpc) is 2.42. The van der Waals surface area contributed by atoms with Gasteiger partial charge in [-0.2, -0.15) is 0 Å². The van der Waals surface area contributed by atoms with Crippen LogP contribution >= 0.6 is 11.8 Å². The van der Waals surface area contributed by atoms with Crippen LogP contribution in [-0.4, -0.2) is 12.2 Å². The van der Waals surface area contributed by atoms with E-state index in [0.29, 0.717) is 11.3 Å². The van der Waals surface area contributed by atoms with Crippen LogP contribution in [0.5, 0.6) is 0 Å². The van der Waals surface area contributed by atoms with E-state index in [0.717, 1.165) is 16.1 Å². The highest BCUT2D eigenvalue weighted by molar-refractivity contribution is 7.98. The van der Waals surface area contributed by atoms with Crippen molar-refractivity contribution in [1.82, 2.24) is 0 Å². The molecule has 0 aromatic heterocycles. The first-order valence-electron chi connectivity index (χ1n) is 5.92. The summed E-state index contributed by atoms with van der Waals surface area (Å²) in [7, 11) is 0. The summed E-state index contributed by atoms with van der Waals surface area (Å²) >= 11 is 1.67. The van der Waals surface area contributed by atoms with E-state index in [4.69, 9.17) is 5.73 Å². The molecule has 0 spiro atoms. The fourth-order valence-corrected chi connectivity index (χ4v) is 2.18. The van der Waals surface area contributed by atoms with Gasteiger partial charge in [-0.3, -0.25) is 4.79 Å². The number of hydrogen-bond acceptors (Lipinski definition) is 3. The first-order valence-corrected chi connectivity index (χ1v) is 7.15. The van der Waals surface area contributed by atoms with Crippen LogP contribution in [-0.2, 0) is 0 Å². The molecule has 1 amide bonds. The lowest BCUT2D eigenvalue weighted by Crippen LogP contribution is -2.14. The van der Waals surface area contributed by atoms with Crippen molar-refractivity contribution in [1.29, 1.82) is 0 Å². The molecule has 0 aliphatic carbocycles. The number of hydrogen-bond donors (Lipinski definition) is 2. The maximum Gasteiger partial charge on any atom is 0.256 e. The molecule has 0 saturated heterocycles. The maximum absolute atomic E-state index is 12.2. The number of nitrogen functional groups attached to an aromatic ring is 1. The summed E-state index contributed by atoms with van der Waals surface area (Å²) in [4.78, 5) is 13.3. The Kier molecular flexibility index (Phi) is 4.12. The number of carbonyl (C=O) groups is 1. The molecule has 0 radical (unpaired) electrons. The van der Waals surface area contributed by atoms with Gasteiger partial charge in [-0.1, -0.05) is 6.07 Å². The molecule has 3 N–H and O–H groups in total. The minimum Gasteiger partial charge on any atom is -0.398 e. The summed E-state index contributed by atoms with van der Waals surface area (Å²) in [6.07, 6.45) is 2.02. The van der Waals surface area contributed by atoms with Gasteiger partial charge in [0.15, 0.2) is 0 Å². The zero-order valence-electron chi connectivity index (χ0n) is 10.9. The fraction of sp³-hybridized carbons (Fsp3) is 0.133. The zero-order valence-corrected chi connectivity index (χ0v) is 11.8. The highest BCUT2D eigenvalue weighted by atomic mass is 32.2. The molecular formula is C15H16N2OS. The van der Waals surface area contributed by atoms with E-state index in [-0.39, 0.29) is 5.91 Å². The lowest BCUT2D eigenvalue weighted by Gasteiger charge is -2.09. The zero-order chi connectivity index (χ0) is 13.8. The van der Waals surface area contributed by atoms with Crippen molar-refractivity contribution in [2.45, 2.75) is 11.8 Å². The van der Waals surface area contributed by atoms with Gasteiger partial charge in [-0.25, -0.2) is 0 Å². The van der Waals surface area contributed by atoms with Gasteiger partial charge in [-0.05, 0) is 55.1 Å². The quantitative estimate of drug-likeness (QED) is 0.663. The van der Waals surface area contributed by atoms with Crippen molar-refractivity contribution in [3.05, 3.63) is 53.6 Å². The van der Waals surface area contributed by atoms with Gasteiger partial charge in [0.2, 0.25) is 0 Å². The van der Waals surface area contributed by atoms with Gasteiger partial charge in [0.05, 0.1) is 0 Å². The Morgan fingerprint density at radius 3 is 2.47 bits per heavy atom. The molecule has 0 bridgehead atoms. The summed E-state index contributed by atoms with van der Waals surface area (Å²) in [6.45, 7) is 1.85. The number of carbonyl (C=O) groups excluding carboxylic acids is 1. The van der Waals surface area contributed by atoms with E-state index in [2.05, 4.69) is 5.32 Å². The van der Waals surface area contributed by atoms with Crippen molar-refractivity contribution in [3.8, 4) is 0 Å². The minimum atomic E-state index is -0.137. The first kappa shape index (κ1) is 13.5. The SMILES string of the molecule is CSc1ccc(NC(=O)c2cccc(N)c2C)cc1. The number of nitrogens with two attached hydrogens (primary N) is 1. The van der Waals surface area contributed by atoms with E-state index in [1.54, 1.807) is 30.0 Å². The lowest BCUT2D eigenvalue weighted by atomic mass is 10.1. The Bertz CT molecular complexity index is 594. The highest BCUT2D eigenvalue weighted by Gasteiger charge is 2.10. The molecule has 2 rings (SSSR count). The molecule has 2 aromatic rings. The van der Waals surface area contributed by atoms with Gasteiger partial charge in [-0.15, -0.1) is 11.8 Å². The number of thioether (sulfide) groups is 1. The highest BCUT2D eigenvalue weighted by Crippen LogP contribution is 2.20. The third-order valence-electron chi connectivity index (χ3n) is 2.97. The first-order chi connectivity index (χ1) is 9.11. The van der Waals surface area contributed by atoms with Gasteiger partial charge in [0, 0.05) is 21.8 Å². The monoisotopic (exact) mass is 272 g/mol. The summed E-state index contributed by atoms with van der Waals surface area (Å²) < 4.78 is 0. The number of nitrogens with one attached hydrogen (secondary N) is 1. The second-order valence-corrected chi connectivity index (χ2v) is 5.08. The van der Waals surface area contributed by atoms with E-state index >= 15 is 0 Å². The van der Waals surface area contributed by atoms with Crippen LogP contribution in [0.2, 0.25) is 0 Å². The van der Waals surface area contributed by atoms with Crippen LogP contribution in [0.3, 0.4) is 0 Å². The normalized spacial score (nSPS) is 10.2. The van der Waals surface area contributed by atoms with E-state index in [1.807, 2.05) is 37.4 Å². The van der Waals surface area contributed by atoms with Crippen LogP contribution in [0, 0.1) is 6.92 Å². The van der Waals surface area contributed by atoms with Crippen molar-refractivity contribution < 1.29 is 4.79 Å². The number of anilines is 2. The molecule has 3 nitrogen and oxygen atoms in total. The third-order valence-corrected chi connectivity index (χ3v) is 3.71. The van der Waals surface area contributed by atoms with Crippen LogP contribution in [0.1, 0.15) is 15.9 Å². The van der Waals surface area contributed by atoms with Gasteiger partial charge >= 0.3 is 0 Å². The second kappa shape index (κ2) is 5.80. The molecule has 0 aliphatic rings. The number of amides is 1. The minimum absolute atomic E-state index is 0.137. The molecule has 98 valence electrons. The molecule has 4 heteroatoms. The molecule has 0 heterocycles. The van der Waals surface area contributed by atoms with E-state index in [1.165, 1.54) is 0 Å². The topological polar surface area (TPSA) is 55.1 Å². The summed E-state index contributed by atoms with van der Waals surface area (Å²) in [5.41, 5.74) is 8.63.